The standard InChI is InChI=1S/C6H10O5/c1-4-2-3-9-11-5(4)10-6(7)8/h4-5H,2-3H2,1H3,(H,7,8). The van der Waals surface area contributed by atoms with Crippen LogP contribution in [0.15, 0.2) is 0 Å². The molecule has 0 bridgehead atoms. The van der Waals surface area contributed by atoms with E-state index in [0.717, 1.165) is 6.42 Å². The van der Waals surface area contributed by atoms with E-state index in [-0.39, 0.29) is 5.92 Å². The molecule has 0 amide bonds. The summed E-state index contributed by atoms with van der Waals surface area (Å²) >= 11 is 0. The second kappa shape index (κ2) is 3.54. The third kappa shape index (κ3) is 2.36. The molecule has 1 rings (SSSR count). The van der Waals surface area contributed by atoms with Crippen LogP contribution in [0.3, 0.4) is 0 Å². The van der Waals surface area contributed by atoms with Gasteiger partial charge in [0.2, 0.25) is 6.29 Å². The molecule has 0 aliphatic carbocycles. The topological polar surface area (TPSA) is 65.0 Å². The molecule has 1 saturated heterocycles. The monoisotopic (exact) mass is 162 g/mol. The van der Waals surface area contributed by atoms with Crippen molar-refractivity contribution < 1.29 is 24.4 Å². The first kappa shape index (κ1) is 8.29. The van der Waals surface area contributed by atoms with E-state index in [9.17, 15) is 4.79 Å². The molecule has 1 aliphatic rings. The highest BCUT2D eigenvalue weighted by molar-refractivity contribution is 5.56. The lowest BCUT2D eigenvalue weighted by Gasteiger charge is -2.25. The molecule has 1 heterocycles. The van der Waals surface area contributed by atoms with Crippen molar-refractivity contribution in [3.05, 3.63) is 0 Å². The highest BCUT2D eigenvalue weighted by atomic mass is 17.2. The Morgan fingerprint density at radius 2 is 2.45 bits per heavy atom. The van der Waals surface area contributed by atoms with Gasteiger partial charge in [-0.3, -0.25) is 0 Å². The van der Waals surface area contributed by atoms with Gasteiger partial charge in [-0.1, -0.05) is 6.92 Å². The number of rotatable bonds is 1. The average Bonchev–Trinajstić information content (AvgIpc) is 1.93. The van der Waals surface area contributed by atoms with E-state index in [0.29, 0.717) is 6.61 Å². The summed E-state index contributed by atoms with van der Waals surface area (Å²) in [4.78, 5) is 19.2. The summed E-state index contributed by atoms with van der Waals surface area (Å²) in [6, 6.07) is 0. The summed E-state index contributed by atoms with van der Waals surface area (Å²) in [6.45, 7) is 2.33. The zero-order valence-corrected chi connectivity index (χ0v) is 6.15. The van der Waals surface area contributed by atoms with Crippen LogP contribution in [-0.4, -0.2) is 24.2 Å². The first-order valence-corrected chi connectivity index (χ1v) is 3.38. The highest BCUT2D eigenvalue weighted by Crippen LogP contribution is 2.18. The van der Waals surface area contributed by atoms with Crippen LogP contribution in [0.25, 0.3) is 0 Å². The fraction of sp³-hybridized carbons (Fsp3) is 0.833. The van der Waals surface area contributed by atoms with Crippen LogP contribution in [0.1, 0.15) is 13.3 Å². The second-order valence-corrected chi connectivity index (χ2v) is 2.44. The van der Waals surface area contributed by atoms with Gasteiger partial charge in [0.25, 0.3) is 0 Å². The first-order chi connectivity index (χ1) is 5.20. The summed E-state index contributed by atoms with van der Waals surface area (Å²) in [5.41, 5.74) is 0. The van der Waals surface area contributed by atoms with E-state index in [2.05, 4.69) is 14.5 Å². The molecule has 5 heteroatoms. The van der Waals surface area contributed by atoms with Crippen molar-refractivity contribution in [2.45, 2.75) is 19.6 Å². The Bertz CT molecular complexity index is 146. The van der Waals surface area contributed by atoms with Gasteiger partial charge in [-0.15, -0.1) is 0 Å². The smallest absolute Gasteiger partial charge is 0.450 e. The van der Waals surface area contributed by atoms with Gasteiger partial charge in [0.1, 0.15) is 0 Å². The molecule has 1 aliphatic heterocycles. The normalized spacial score (nSPS) is 31.4. The van der Waals surface area contributed by atoms with Crippen molar-refractivity contribution in [3.8, 4) is 0 Å². The Balaban J connectivity index is 2.35. The Morgan fingerprint density at radius 3 is 3.00 bits per heavy atom. The van der Waals surface area contributed by atoms with Gasteiger partial charge in [0.15, 0.2) is 0 Å². The van der Waals surface area contributed by atoms with Gasteiger partial charge in [0, 0.05) is 5.92 Å². The molecular weight excluding hydrogens is 152 g/mol. The largest absolute Gasteiger partial charge is 0.508 e. The zero-order valence-electron chi connectivity index (χ0n) is 6.15. The predicted octanol–water partition coefficient (Wildman–Crippen LogP) is 0.995. The Hall–Kier alpha value is -0.810. The van der Waals surface area contributed by atoms with Gasteiger partial charge in [-0.05, 0) is 6.42 Å². The Labute approximate surface area is 63.8 Å². The summed E-state index contributed by atoms with van der Waals surface area (Å²) in [5, 5.41) is 8.23. The molecule has 2 atom stereocenters. The van der Waals surface area contributed by atoms with Crippen LogP contribution in [0.4, 0.5) is 4.79 Å². The molecule has 0 spiro atoms. The molecule has 0 radical (unpaired) electrons. The molecule has 1 N–H and O–H groups in total. The Morgan fingerprint density at radius 1 is 1.73 bits per heavy atom. The molecule has 2 unspecified atom stereocenters. The number of carboxylic acid groups (broad SMARTS) is 1. The van der Waals surface area contributed by atoms with Crippen molar-refractivity contribution in [1.29, 1.82) is 0 Å². The third-order valence-electron chi connectivity index (χ3n) is 1.50. The van der Waals surface area contributed by atoms with Crippen LogP contribution in [0.2, 0.25) is 0 Å². The SMILES string of the molecule is CC1CCOOC1OC(=O)O. The fourth-order valence-corrected chi connectivity index (χ4v) is 0.815. The van der Waals surface area contributed by atoms with Crippen molar-refractivity contribution >= 4 is 6.16 Å². The zero-order chi connectivity index (χ0) is 8.27. The van der Waals surface area contributed by atoms with Crippen molar-refractivity contribution in [1.82, 2.24) is 0 Å². The van der Waals surface area contributed by atoms with E-state index >= 15 is 0 Å². The number of hydrogen-bond donors (Lipinski definition) is 1. The molecule has 0 saturated carbocycles. The lowest BCUT2D eigenvalue weighted by molar-refractivity contribution is -0.402. The maximum Gasteiger partial charge on any atom is 0.508 e. The second-order valence-electron chi connectivity index (χ2n) is 2.44. The molecule has 11 heavy (non-hydrogen) atoms. The number of carbonyl (C=O) groups is 1. The minimum Gasteiger partial charge on any atom is -0.450 e. The molecule has 0 aromatic carbocycles. The van der Waals surface area contributed by atoms with Crippen LogP contribution in [0, 0.1) is 5.92 Å². The van der Waals surface area contributed by atoms with E-state index < -0.39 is 12.4 Å². The van der Waals surface area contributed by atoms with Gasteiger partial charge in [-0.25, -0.2) is 9.68 Å². The summed E-state index contributed by atoms with van der Waals surface area (Å²) in [7, 11) is 0. The van der Waals surface area contributed by atoms with Crippen molar-refractivity contribution in [2.75, 3.05) is 6.61 Å². The summed E-state index contributed by atoms with van der Waals surface area (Å²) in [5.74, 6) is 0.0554. The lowest BCUT2D eigenvalue weighted by atomic mass is 10.1. The number of ether oxygens (including phenoxy) is 1. The maximum absolute atomic E-state index is 10.1. The van der Waals surface area contributed by atoms with Crippen molar-refractivity contribution in [2.24, 2.45) is 5.92 Å². The van der Waals surface area contributed by atoms with E-state index in [4.69, 9.17) is 5.11 Å². The van der Waals surface area contributed by atoms with E-state index in [1.165, 1.54) is 0 Å². The van der Waals surface area contributed by atoms with E-state index in [1.54, 1.807) is 0 Å². The molecule has 5 nitrogen and oxygen atoms in total. The summed E-state index contributed by atoms with van der Waals surface area (Å²) in [6.07, 6.45) is -1.37. The van der Waals surface area contributed by atoms with Gasteiger partial charge < -0.3 is 9.84 Å². The molecule has 64 valence electrons. The van der Waals surface area contributed by atoms with Gasteiger partial charge >= 0.3 is 6.16 Å². The van der Waals surface area contributed by atoms with Gasteiger partial charge in [0.05, 0.1) is 6.61 Å². The molecule has 0 aromatic rings. The molecule has 0 aromatic heterocycles. The Kier molecular flexibility index (Phi) is 2.67. The minimum absolute atomic E-state index is 0.0554. The summed E-state index contributed by atoms with van der Waals surface area (Å²) < 4.78 is 4.37. The fourth-order valence-electron chi connectivity index (χ4n) is 0.815. The van der Waals surface area contributed by atoms with Crippen LogP contribution < -0.4 is 0 Å². The van der Waals surface area contributed by atoms with Gasteiger partial charge in [-0.2, -0.15) is 4.89 Å². The van der Waals surface area contributed by atoms with Crippen LogP contribution in [-0.2, 0) is 14.5 Å². The lowest BCUT2D eigenvalue weighted by Crippen LogP contribution is -2.32. The van der Waals surface area contributed by atoms with Crippen LogP contribution in [0.5, 0.6) is 0 Å². The minimum atomic E-state index is -1.34. The molecule has 1 fully saturated rings. The average molecular weight is 162 g/mol. The van der Waals surface area contributed by atoms with E-state index in [1.807, 2.05) is 6.92 Å². The third-order valence-corrected chi connectivity index (χ3v) is 1.50. The first-order valence-electron chi connectivity index (χ1n) is 3.38. The van der Waals surface area contributed by atoms with Crippen molar-refractivity contribution in [3.63, 3.8) is 0 Å². The maximum atomic E-state index is 10.1. The number of hydrogen-bond acceptors (Lipinski definition) is 4. The molecular formula is C6H10O5. The van der Waals surface area contributed by atoms with Crippen LogP contribution >= 0.6 is 0 Å². The predicted molar refractivity (Wildman–Crippen MR) is 33.7 cm³/mol. The quantitative estimate of drug-likeness (QED) is 0.460. The highest BCUT2D eigenvalue weighted by Gasteiger charge is 2.26.